The van der Waals surface area contributed by atoms with Gasteiger partial charge in [-0.15, -0.1) is 0 Å². The summed E-state index contributed by atoms with van der Waals surface area (Å²) >= 11 is 0. The second kappa shape index (κ2) is 7.47. The first-order valence-corrected chi connectivity index (χ1v) is 12.9. The third kappa shape index (κ3) is 2.87. The molecular formula is C25H43BO4. The van der Waals surface area contributed by atoms with Crippen molar-refractivity contribution in [1.82, 2.24) is 0 Å². The van der Waals surface area contributed by atoms with Crippen LogP contribution in [0.4, 0.5) is 0 Å². The van der Waals surface area contributed by atoms with Crippen molar-refractivity contribution in [3.8, 4) is 0 Å². The molecule has 5 rings (SSSR count). The molecule has 1 aliphatic heterocycles. The van der Waals surface area contributed by atoms with Crippen LogP contribution in [0.3, 0.4) is 0 Å². The predicted octanol–water partition coefficient (Wildman–Crippen LogP) is 4.82. The Morgan fingerprint density at radius 2 is 1.87 bits per heavy atom. The van der Waals surface area contributed by atoms with Crippen molar-refractivity contribution in [3.05, 3.63) is 0 Å². The van der Waals surface area contributed by atoms with Crippen molar-refractivity contribution < 1.29 is 19.5 Å². The molecule has 4 saturated carbocycles. The average Bonchev–Trinajstić information content (AvgIpc) is 3.18. The number of rotatable bonds is 3. The van der Waals surface area contributed by atoms with E-state index >= 15 is 0 Å². The summed E-state index contributed by atoms with van der Waals surface area (Å²) in [7, 11) is -0.0709. The molecule has 30 heavy (non-hydrogen) atoms. The lowest BCUT2D eigenvalue weighted by Gasteiger charge is -2.63. The van der Waals surface area contributed by atoms with Crippen LogP contribution in [0.5, 0.6) is 0 Å². The van der Waals surface area contributed by atoms with Crippen molar-refractivity contribution >= 4 is 7.12 Å². The van der Waals surface area contributed by atoms with Crippen LogP contribution < -0.4 is 0 Å². The first-order chi connectivity index (χ1) is 14.2. The summed E-state index contributed by atoms with van der Waals surface area (Å²) in [5, 5.41) is 21.9. The highest BCUT2D eigenvalue weighted by atomic mass is 16.7. The molecule has 10 atom stereocenters. The lowest BCUT2D eigenvalue weighted by atomic mass is 9.43. The van der Waals surface area contributed by atoms with Crippen LogP contribution in [-0.2, 0) is 9.31 Å². The molecule has 2 N–H and O–H groups in total. The van der Waals surface area contributed by atoms with Crippen molar-refractivity contribution in [3.63, 3.8) is 0 Å². The summed E-state index contributed by atoms with van der Waals surface area (Å²) in [6.45, 7) is 9.30. The first-order valence-electron chi connectivity index (χ1n) is 12.9. The molecule has 0 aromatic carbocycles. The fourth-order valence-corrected chi connectivity index (χ4v) is 9.44. The third-order valence-electron chi connectivity index (χ3n) is 10.9. The molecule has 4 aliphatic carbocycles. The van der Waals surface area contributed by atoms with E-state index in [4.69, 9.17) is 9.31 Å². The van der Waals surface area contributed by atoms with Crippen LogP contribution in [0.2, 0.25) is 6.32 Å². The second-order valence-corrected chi connectivity index (χ2v) is 12.1. The van der Waals surface area contributed by atoms with Gasteiger partial charge >= 0.3 is 7.12 Å². The smallest absolute Gasteiger partial charge is 0.406 e. The Bertz CT molecular complexity index is 659. The minimum atomic E-state index is -0.264. The van der Waals surface area contributed by atoms with E-state index in [9.17, 15) is 10.2 Å². The highest BCUT2D eigenvalue weighted by Gasteiger charge is 2.71. The summed E-state index contributed by atoms with van der Waals surface area (Å²) in [6.07, 6.45) is 11.5. The zero-order chi connectivity index (χ0) is 21.3. The van der Waals surface area contributed by atoms with Gasteiger partial charge in [0.1, 0.15) is 0 Å². The van der Waals surface area contributed by atoms with E-state index in [1.165, 1.54) is 25.7 Å². The average molecular weight is 418 g/mol. The number of hydrogen-bond donors (Lipinski definition) is 2. The fourth-order valence-electron chi connectivity index (χ4n) is 9.44. The summed E-state index contributed by atoms with van der Waals surface area (Å²) in [5.41, 5.74) is -0.0607. The molecule has 0 aromatic rings. The van der Waals surface area contributed by atoms with Gasteiger partial charge in [0.15, 0.2) is 0 Å². The maximum absolute atomic E-state index is 11.7. The van der Waals surface area contributed by atoms with Gasteiger partial charge in [0.2, 0.25) is 0 Å². The van der Waals surface area contributed by atoms with Crippen molar-refractivity contribution in [2.45, 2.75) is 122 Å². The van der Waals surface area contributed by atoms with Gasteiger partial charge in [-0.25, -0.2) is 0 Å². The maximum Gasteiger partial charge on any atom is 0.457 e. The molecular weight excluding hydrogens is 375 g/mol. The van der Waals surface area contributed by atoms with Crippen LogP contribution in [0.15, 0.2) is 0 Å². The molecule has 0 aromatic heterocycles. The standard InChI is InChI=1S/C25H43BO4/c1-5-6-13-26-29-16(2)25(30-26)12-10-20-19-8-7-17-14-18(27)9-11-23(17,3)22(19)21(28)15-24(20,25)4/h16-22,27-28H,5-15H2,1-4H3. The normalized spacial score (nSPS) is 55.4. The van der Waals surface area contributed by atoms with Crippen LogP contribution in [0, 0.1) is 34.5 Å². The molecule has 4 nitrogen and oxygen atoms in total. The van der Waals surface area contributed by atoms with Gasteiger partial charge in [-0.2, -0.15) is 0 Å². The Labute approximate surface area is 183 Å². The number of aliphatic hydroxyl groups is 2. The topological polar surface area (TPSA) is 58.9 Å². The Morgan fingerprint density at radius 3 is 2.63 bits per heavy atom. The monoisotopic (exact) mass is 418 g/mol. The van der Waals surface area contributed by atoms with Crippen molar-refractivity contribution in [1.29, 1.82) is 0 Å². The number of fused-ring (bicyclic) bond motifs is 6. The molecule has 0 bridgehead atoms. The van der Waals surface area contributed by atoms with E-state index in [1.54, 1.807) is 0 Å². The van der Waals surface area contributed by atoms with Gasteiger partial charge in [-0.1, -0.05) is 33.6 Å². The van der Waals surface area contributed by atoms with Crippen molar-refractivity contribution in [2.24, 2.45) is 34.5 Å². The van der Waals surface area contributed by atoms with Crippen LogP contribution in [-0.4, -0.2) is 41.2 Å². The van der Waals surface area contributed by atoms with Crippen LogP contribution >= 0.6 is 0 Å². The summed E-state index contributed by atoms with van der Waals surface area (Å²) < 4.78 is 13.2. The molecule has 5 fully saturated rings. The van der Waals surface area contributed by atoms with E-state index in [0.717, 1.165) is 44.8 Å². The summed E-state index contributed by atoms with van der Waals surface area (Å²) in [4.78, 5) is 0. The quantitative estimate of drug-likeness (QED) is 0.645. The molecule has 1 spiro atoms. The lowest BCUT2D eigenvalue weighted by molar-refractivity contribution is -0.199. The predicted molar refractivity (Wildman–Crippen MR) is 119 cm³/mol. The minimum Gasteiger partial charge on any atom is -0.406 e. The third-order valence-corrected chi connectivity index (χ3v) is 10.9. The largest absolute Gasteiger partial charge is 0.457 e. The fraction of sp³-hybridized carbons (Fsp3) is 1.00. The Balaban J connectivity index is 1.43. The van der Waals surface area contributed by atoms with Crippen molar-refractivity contribution in [2.75, 3.05) is 0 Å². The molecule has 1 heterocycles. The van der Waals surface area contributed by atoms with Crippen LogP contribution in [0.1, 0.15) is 91.9 Å². The Morgan fingerprint density at radius 1 is 1.07 bits per heavy atom. The molecule has 0 radical (unpaired) electrons. The van der Waals surface area contributed by atoms with Gasteiger partial charge in [0.05, 0.1) is 23.9 Å². The lowest BCUT2D eigenvalue weighted by Crippen LogP contribution is -2.63. The Hall–Kier alpha value is -0.0951. The highest BCUT2D eigenvalue weighted by molar-refractivity contribution is 6.45. The second-order valence-electron chi connectivity index (χ2n) is 12.1. The number of unbranched alkanes of at least 4 members (excludes halogenated alkanes) is 1. The van der Waals surface area contributed by atoms with Gasteiger partial charge in [-0.05, 0) is 93.7 Å². The molecule has 5 aliphatic rings. The summed E-state index contributed by atoms with van der Waals surface area (Å²) in [6, 6.07) is 0. The Kier molecular flexibility index (Phi) is 5.41. The highest BCUT2D eigenvalue weighted by Crippen LogP contribution is 2.70. The zero-order valence-corrected chi connectivity index (χ0v) is 19.6. The van der Waals surface area contributed by atoms with E-state index in [1.807, 2.05) is 0 Å². The molecule has 1 saturated heterocycles. The van der Waals surface area contributed by atoms with E-state index < -0.39 is 0 Å². The van der Waals surface area contributed by atoms with E-state index in [-0.39, 0.29) is 41.9 Å². The SMILES string of the molecule is CCCCB1OC(C)C2(CCC3C4CCC5CC(O)CCC5(C)C4C(O)CC32C)O1. The first kappa shape index (κ1) is 21.7. The van der Waals surface area contributed by atoms with Gasteiger partial charge in [0.25, 0.3) is 0 Å². The number of aliphatic hydroxyl groups excluding tert-OH is 2. The minimum absolute atomic E-state index is 0.00859. The van der Waals surface area contributed by atoms with E-state index in [2.05, 4.69) is 27.7 Å². The molecule has 10 unspecified atom stereocenters. The van der Waals surface area contributed by atoms with E-state index in [0.29, 0.717) is 23.7 Å². The maximum atomic E-state index is 11.7. The van der Waals surface area contributed by atoms with Crippen LogP contribution in [0.25, 0.3) is 0 Å². The van der Waals surface area contributed by atoms with Gasteiger partial charge < -0.3 is 19.5 Å². The molecule has 5 heteroatoms. The zero-order valence-electron chi connectivity index (χ0n) is 19.6. The number of hydrogen-bond acceptors (Lipinski definition) is 4. The molecule has 170 valence electrons. The van der Waals surface area contributed by atoms with Gasteiger partial charge in [-0.3, -0.25) is 0 Å². The summed E-state index contributed by atoms with van der Waals surface area (Å²) in [5.74, 6) is 2.15. The molecule has 0 amide bonds. The van der Waals surface area contributed by atoms with Gasteiger partial charge in [0, 0.05) is 5.41 Å².